The van der Waals surface area contributed by atoms with E-state index in [0.717, 1.165) is 44.8 Å². The Kier molecular flexibility index (Phi) is 25.6. The average molecular weight is 303 g/mol. The van der Waals surface area contributed by atoms with Gasteiger partial charge in [0, 0.05) is 6.42 Å². The van der Waals surface area contributed by atoms with Crippen molar-refractivity contribution in [1.82, 2.24) is 5.32 Å². The summed E-state index contributed by atoms with van der Waals surface area (Å²) in [4.78, 5) is 22.4. The number of hydrogen-bond donors (Lipinski definition) is 2. The molecule has 0 saturated heterocycles. The molecule has 1 unspecified atom stereocenters. The van der Waals surface area contributed by atoms with E-state index in [2.05, 4.69) is 24.9 Å². The molecule has 4 heteroatoms. The smallest absolute Gasteiger partial charge is 0.220 e. The molecule has 0 saturated carbocycles. The molecule has 4 nitrogen and oxygen atoms in total. The van der Waals surface area contributed by atoms with Crippen LogP contribution in [0.5, 0.6) is 0 Å². The van der Waals surface area contributed by atoms with Crippen molar-refractivity contribution in [1.29, 1.82) is 0 Å². The second-order valence-electron chi connectivity index (χ2n) is 4.97. The van der Waals surface area contributed by atoms with Gasteiger partial charge in [0.25, 0.3) is 0 Å². The predicted octanol–water partition coefficient (Wildman–Crippen LogP) is 3.82. The summed E-state index contributed by atoms with van der Waals surface area (Å²) >= 11 is 0. The van der Waals surface area contributed by atoms with E-state index in [1.807, 2.05) is 0 Å². The molecular formula is C17H38N2O2. The number of unbranched alkanes of at least 4 members (excludes halogenated alkanes) is 6. The fourth-order valence-corrected chi connectivity index (χ4v) is 1.96. The van der Waals surface area contributed by atoms with Gasteiger partial charge in [-0.15, -0.1) is 0 Å². The molecule has 0 aromatic rings. The molecule has 0 aliphatic heterocycles. The Morgan fingerprint density at radius 2 is 1.52 bits per heavy atom. The Labute approximate surface area is 132 Å². The van der Waals surface area contributed by atoms with E-state index in [4.69, 9.17) is 0 Å². The van der Waals surface area contributed by atoms with E-state index in [9.17, 15) is 9.59 Å². The van der Waals surface area contributed by atoms with Gasteiger partial charge in [0.2, 0.25) is 5.91 Å². The van der Waals surface area contributed by atoms with Crippen molar-refractivity contribution < 1.29 is 9.59 Å². The van der Waals surface area contributed by atoms with E-state index in [0.29, 0.717) is 6.42 Å². The maximum atomic E-state index is 11.6. The zero-order valence-corrected chi connectivity index (χ0v) is 13.6. The van der Waals surface area contributed by atoms with Gasteiger partial charge in [-0.25, -0.2) is 0 Å². The first-order valence-corrected chi connectivity index (χ1v) is 8.07. The summed E-state index contributed by atoms with van der Waals surface area (Å²) in [7, 11) is 1.50. The van der Waals surface area contributed by atoms with Crippen LogP contribution in [0.25, 0.3) is 0 Å². The highest BCUT2D eigenvalue weighted by atomic mass is 16.2. The number of carbonyl (C=O) groups excluding carboxylic acids is 2. The predicted molar refractivity (Wildman–Crippen MR) is 92.4 cm³/mol. The van der Waals surface area contributed by atoms with Crippen LogP contribution in [0.2, 0.25) is 0 Å². The molecule has 0 fully saturated rings. The Bertz CT molecular complexity index is 221. The van der Waals surface area contributed by atoms with Crippen LogP contribution in [0.15, 0.2) is 0 Å². The monoisotopic (exact) mass is 302 g/mol. The van der Waals surface area contributed by atoms with E-state index in [1.165, 1.54) is 26.3 Å². The molecule has 0 aliphatic rings. The third-order valence-electron chi connectivity index (χ3n) is 3.14. The highest BCUT2D eigenvalue weighted by Crippen LogP contribution is 2.06. The van der Waals surface area contributed by atoms with Crippen molar-refractivity contribution in [2.75, 3.05) is 7.05 Å². The largest absolute Gasteiger partial charge is 0.347 e. The maximum absolute atomic E-state index is 11.6. The normalized spacial score (nSPS) is 10.7. The Balaban J connectivity index is -0.00000103. The molecule has 0 aromatic carbocycles. The van der Waals surface area contributed by atoms with Gasteiger partial charge in [-0.2, -0.15) is 0 Å². The van der Waals surface area contributed by atoms with Gasteiger partial charge >= 0.3 is 0 Å². The molecule has 3 N–H and O–H groups in total. The van der Waals surface area contributed by atoms with Crippen LogP contribution in [0.4, 0.5) is 0 Å². The summed E-state index contributed by atoms with van der Waals surface area (Å²) in [5.41, 5.74) is 4.50. The van der Waals surface area contributed by atoms with Gasteiger partial charge in [0.05, 0.1) is 6.04 Å². The van der Waals surface area contributed by atoms with E-state index in [1.54, 1.807) is 0 Å². The van der Waals surface area contributed by atoms with Crippen molar-refractivity contribution in [3.05, 3.63) is 0 Å². The number of amides is 1. The number of nitrogens with two attached hydrogens (primary N) is 1. The standard InChI is InChI=1S/C15H29NO2.CH5N.CH4/c1-3-5-7-8-10-12-15(18)16-14(13-17)11-9-6-4-2;1-2;/h13-14H,3-12H2,1-2H3,(H,16,18);2H2,1H3;1H4. The van der Waals surface area contributed by atoms with Crippen LogP contribution in [0.1, 0.15) is 85.5 Å². The molecule has 128 valence electrons. The van der Waals surface area contributed by atoms with Crippen molar-refractivity contribution in [3.63, 3.8) is 0 Å². The number of carbonyl (C=O) groups is 2. The lowest BCUT2D eigenvalue weighted by Crippen LogP contribution is -2.35. The third-order valence-corrected chi connectivity index (χ3v) is 3.14. The lowest BCUT2D eigenvalue weighted by molar-refractivity contribution is -0.124. The first kappa shape index (κ1) is 25.1. The number of nitrogens with one attached hydrogen (secondary N) is 1. The highest BCUT2D eigenvalue weighted by Gasteiger charge is 2.10. The minimum Gasteiger partial charge on any atom is -0.347 e. The Morgan fingerprint density at radius 3 is 2.05 bits per heavy atom. The topological polar surface area (TPSA) is 72.2 Å². The quantitative estimate of drug-likeness (QED) is 0.425. The average Bonchev–Trinajstić information content (AvgIpc) is 2.48. The molecule has 0 spiro atoms. The molecule has 0 aliphatic carbocycles. The van der Waals surface area contributed by atoms with Crippen LogP contribution in [0, 0.1) is 0 Å². The fraction of sp³-hybridized carbons (Fsp3) is 0.882. The second-order valence-corrected chi connectivity index (χ2v) is 4.97. The van der Waals surface area contributed by atoms with E-state index >= 15 is 0 Å². The van der Waals surface area contributed by atoms with Crippen LogP contribution in [0.3, 0.4) is 0 Å². The van der Waals surface area contributed by atoms with Crippen LogP contribution in [-0.4, -0.2) is 25.3 Å². The summed E-state index contributed by atoms with van der Waals surface area (Å²) in [5.74, 6) is 0.0279. The van der Waals surface area contributed by atoms with Crippen molar-refractivity contribution in [3.8, 4) is 0 Å². The Morgan fingerprint density at radius 1 is 1.00 bits per heavy atom. The van der Waals surface area contributed by atoms with Crippen LogP contribution >= 0.6 is 0 Å². The summed E-state index contributed by atoms with van der Waals surface area (Å²) in [6.07, 6.45) is 11.2. The second kappa shape index (κ2) is 21.4. The van der Waals surface area contributed by atoms with Gasteiger partial charge < -0.3 is 15.8 Å². The van der Waals surface area contributed by atoms with Crippen LogP contribution in [-0.2, 0) is 9.59 Å². The molecule has 21 heavy (non-hydrogen) atoms. The SMILES string of the molecule is C.CCCCCCCC(=O)NC(C=O)CCCCC.CN. The molecule has 0 radical (unpaired) electrons. The van der Waals surface area contributed by atoms with E-state index in [-0.39, 0.29) is 19.4 Å². The Hall–Kier alpha value is -0.900. The highest BCUT2D eigenvalue weighted by molar-refractivity contribution is 5.79. The van der Waals surface area contributed by atoms with Gasteiger partial charge in [-0.05, 0) is 19.9 Å². The fourth-order valence-electron chi connectivity index (χ4n) is 1.96. The molecular weight excluding hydrogens is 264 g/mol. The maximum Gasteiger partial charge on any atom is 0.220 e. The minimum absolute atomic E-state index is 0. The zero-order chi connectivity index (χ0) is 15.6. The summed E-state index contributed by atoms with van der Waals surface area (Å²) in [6.45, 7) is 4.31. The van der Waals surface area contributed by atoms with Gasteiger partial charge in [0.15, 0.2) is 0 Å². The number of aldehydes is 1. The molecule has 0 aromatic heterocycles. The summed E-state index contributed by atoms with van der Waals surface area (Å²) < 4.78 is 0. The van der Waals surface area contributed by atoms with Gasteiger partial charge in [-0.3, -0.25) is 4.79 Å². The molecule has 1 amide bonds. The van der Waals surface area contributed by atoms with Crippen molar-refractivity contribution in [2.45, 2.75) is 91.5 Å². The number of rotatable bonds is 12. The lowest BCUT2D eigenvalue weighted by Gasteiger charge is -2.12. The van der Waals surface area contributed by atoms with Crippen LogP contribution < -0.4 is 11.1 Å². The molecule has 0 heterocycles. The molecule has 0 bridgehead atoms. The van der Waals surface area contributed by atoms with Crippen molar-refractivity contribution >= 4 is 12.2 Å². The first-order chi connectivity index (χ1) is 9.74. The lowest BCUT2D eigenvalue weighted by atomic mass is 10.1. The first-order valence-electron chi connectivity index (χ1n) is 8.07. The third kappa shape index (κ3) is 19.1. The van der Waals surface area contributed by atoms with Gasteiger partial charge in [-0.1, -0.05) is 66.2 Å². The molecule has 1 atom stereocenters. The van der Waals surface area contributed by atoms with E-state index < -0.39 is 0 Å². The summed E-state index contributed by atoms with van der Waals surface area (Å²) in [6, 6.07) is -0.278. The number of hydrogen-bond acceptors (Lipinski definition) is 3. The van der Waals surface area contributed by atoms with Crippen molar-refractivity contribution in [2.24, 2.45) is 5.73 Å². The minimum atomic E-state index is -0.278. The van der Waals surface area contributed by atoms with Gasteiger partial charge in [0.1, 0.15) is 6.29 Å². The zero-order valence-electron chi connectivity index (χ0n) is 13.6. The molecule has 0 rings (SSSR count). The summed E-state index contributed by atoms with van der Waals surface area (Å²) in [5, 5.41) is 2.81.